The number of hydrogen-bond acceptors (Lipinski definition) is 3. The largest absolute Gasteiger partial charge is 0.504 e. The maximum Gasteiger partial charge on any atom is 0.197 e. The molecule has 0 radical (unpaired) electrons. The number of aliphatic hydroxyl groups excluding tert-OH is 2. The molecule has 0 unspecified atom stereocenters. The Balaban J connectivity index is 1.59. The van der Waals surface area contributed by atoms with Crippen molar-refractivity contribution in [3.8, 4) is 0 Å². The van der Waals surface area contributed by atoms with E-state index in [9.17, 15) is 15.0 Å². The molecule has 0 amide bonds. The van der Waals surface area contributed by atoms with E-state index in [4.69, 9.17) is 0 Å². The van der Waals surface area contributed by atoms with Crippen LogP contribution in [0.15, 0.2) is 11.3 Å². The van der Waals surface area contributed by atoms with E-state index in [1.807, 2.05) is 0 Å². The molecule has 2 N–H and O–H groups in total. The Kier molecular flexibility index (Phi) is 2.55. The molecule has 4 saturated carbocycles. The second-order valence-corrected chi connectivity index (χ2v) is 9.57. The lowest BCUT2D eigenvalue weighted by atomic mass is 9.45. The normalized spacial score (nSPS) is 57.4. The molecule has 7 atom stereocenters. The molecule has 0 heterocycles. The van der Waals surface area contributed by atoms with Crippen molar-refractivity contribution in [2.45, 2.75) is 71.3 Å². The summed E-state index contributed by atoms with van der Waals surface area (Å²) < 4.78 is 0. The van der Waals surface area contributed by atoms with Crippen LogP contribution in [-0.4, -0.2) is 22.1 Å². The number of Topliss-reactive ketones (excluding diaryl/α,β-unsaturated/α-hetero) is 1. The summed E-state index contributed by atoms with van der Waals surface area (Å²) in [5.41, 5.74) is 1.55. The molecule has 5 rings (SSSR count). The van der Waals surface area contributed by atoms with Crippen LogP contribution in [-0.2, 0) is 4.79 Å². The third kappa shape index (κ3) is 1.41. The lowest BCUT2D eigenvalue weighted by molar-refractivity contribution is -0.124. The molecule has 23 heavy (non-hydrogen) atoms. The van der Waals surface area contributed by atoms with Gasteiger partial charge in [0.25, 0.3) is 0 Å². The molecule has 5 aliphatic rings. The Hall–Kier alpha value is -0.830. The zero-order valence-corrected chi connectivity index (χ0v) is 14.3. The van der Waals surface area contributed by atoms with Crippen LogP contribution in [0.4, 0.5) is 0 Å². The molecular formula is C20H28O3. The van der Waals surface area contributed by atoms with Crippen molar-refractivity contribution in [3.63, 3.8) is 0 Å². The molecular weight excluding hydrogens is 288 g/mol. The number of allylic oxidation sites excluding steroid dienone is 1. The first-order valence-electron chi connectivity index (χ1n) is 9.48. The average molecular weight is 316 g/mol. The zero-order chi connectivity index (χ0) is 16.2. The van der Waals surface area contributed by atoms with Crippen LogP contribution in [0.3, 0.4) is 0 Å². The quantitative estimate of drug-likeness (QED) is 0.715. The van der Waals surface area contributed by atoms with Gasteiger partial charge in [0.15, 0.2) is 11.5 Å². The van der Waals surface area contributed by atoms with Crippen LogP contribution in [0.2, 0.25) is 0 Å². The van der Waals surface area contributed by atoms with Crippen LogP contribution in [0, 0.1) is 34.0 Å². The summed E-state index contributed by atoms with van der Waals surface area (Å²) in [6, 6.07) is 0. The highest BCUT2D eigenvalue weighted by Crippen LogP contribution is 2.82. The standard InChI is InChI=1S/C20H28O3/c1-18-7-6-15(21)17(23)14(18)4-3-13-12(18)5-8-19(2)16(22)9-11-10-20(11,13)19/h11-13,16,22-23H,3-10H2,1-2H3/t11-,12+,13-,16+,18-,19-,20+/m1/s1. The molecule has 3 heteroatoms. The second-order valence-electron chi connectivity index (χ2n) is 9.57. The maximum absolute atomic E-state index is 12.0. The monoisotopic (exact) mass is 316 g/mol. The number of hydrogen-bond donors (Lipinski definition) is 2. The van der Waals surface area contributed by atoms with E-state index in [0.29, 0.717) is 23.7 Å². The van der Waals surface area contributed by atoms with Crippen molar-refractivity contribution in [2.24, 2.45) is 34.0 Å². The SMILES string of the molecule is C[C@]12CCC(=O)C(O)=C1CC[C@@H]1[C@@H]2CC[C@]2(C)[C@@H](O)C[C@@H]3C[C@]312. The summed E-state index contributed by atoms with van der Waals surface area (Å²) in [5.74, 6) is 2.04. The van der Waals surface area contributed by atoms with Gasteiger partial charge in [-0.25, -0.2) is 0 Å². The molecule has 4 fully saturated rings. The highest BCUT2D eigenvalue weighted by Gasteiger charge is 2.77. The van der Waals surface area contributed by atoms with Gasteiger partial charge in [-0.3, -0.25) is 4.79 Å². The van der Waals surface area contributed by atoms with Gasteiger partial charge in [-0.2, -0.15) is 0 Å². The summed E-state index contributed by atoms with van der Waals surface area (Å²) in [7, 11) is 0. The fourth-order valence-corrected chi connectivity index (χ4v) is 7.89. The van der Waals surface area contributed by atoms with Gasteiger partial charge < -0.3 is 10.2 Å². The smallest absolute Gasteiger partial charge is 0.197 e. The lowest BCUT2D eigenvalue weighted by Gasteiger charge is -2.59. The average Bonchev–Trinajstić information content (AvgIpc) is 3.17. The Morgan fingerprint density at radius 3 is 2.65 bits per heavy atom. The van der Waals surface area contributed by atoms with Gasteiger partial charge in [-0.15, -0.1) is 0 Å². The number of carbonyl (C=O) groups excluding carboxylic acids is 1. The maximum atomic E-state index is 12.0. The fraction of sp³-hybridized carbons (Fsp3) is 0.850. The summed E-state index contributed by atoms with van der Waals surface area (Å²) in [5, 5.41) is 21.0. The van der Waals surface area contributed by atoms with Gasteiger partial charge in [-0.1, -0.05) is 13.8 Å². The van der Waals surface area contributed by atoms with Crippen LogP contribution in [0.1, 0.15) is 65.2 Å². The van der Waals surface area contributed by atoms with E-state index < -0.39 is 0 Å². The number of rotatable bonds is 0. The molecule has 126 valence electrons. The summed E-state index contributed by atoms with van der Waals surface area (Å²) in [6.07, 6.45) is 7.86. The first-order chi connectivity index (χ1) is 10.8. The summed E-state index contributed by atoms with van der Waals surface area (Å²) in [6.45, 7) is 4.65. The van der Waals surface area contributed by atoms with E-state index in [0.717, 1.165) is 50.0 Å². The topological polar surface area (TPSA) is 57.5 Å². The number of aliphatic hydroxyl groups is 2. The van der Waals surface area contributed by atoms with Gasteiger partial charge in [0.05, 0.1) is 6.10 Å². The Bertz CT molecular complexity index is 637. The zero-order valence-electron chi connectivity index (χ0n) is 14.3. The Morgan fingerprint density at radius 1 is 1.09 bits per heavy atom. The molecule has 0 aromatic heterocycles. The molecule has 5 aliphatic carbocycles. The van der Waals surface area contributed by atoms with Gasteiger partial charge in [0.2, 0.25) is 0 Å². The number of fused-ring (bicyclic) bond motifs is 3. The summed E-state index contributed by atoms with van der Waals surface area (Å²) >= 11 is 0. The van der Waals surface area contributed by atoms with Crippen LogP contribution >= 0.6 is 0 Å². The Labute approximate surface area is 138 Å². The Morgan fingerprint density at radius 2 is 1.87 bits per heavy atom. The molecule has 1 spiro atoms. The van der Waals surface area contributed by atoms with Crippen LogP contribution < -0.4 is 0 Å². The second kappa shape index (κ2) is 4.04. The van der Waals surface area contributed by atoms with Crippen molar-refractivity contribution >= 4 is 5.78 Å². The molecule has 0 bridgehead atoms. The van der Waals surface area contributed by atoms with Crippen molar-refractivity contribution in [1.82, 2.24) is 0 Å². The first kappa shape index (κ1) is 14.5. The predicted octanol–water partition coefficient (Wildman–Crippen LogP) is 3.76. The van der Waals surface area contributed by atoms with Crippen molar-refractivity contribution in [3.05, 3.63) is 11.3 Å². The highest BCUT2D eigenvalue weighted by atomic mass is 16.3. The van der Waals surface area contributed by atoms with Gasteiger partial charge in [-0.05, 0) is 84.5 Å². The third-order valence-corrected chi connectivity index (χ3v) is 9.22. The number of ketones is 1. The van der Waals surface area contributed by atoms with Gasteiger partial charge in [0, 0.05) is 6.42 Å². The van der Waals surface area contributed by atoms with E-state index >= 15 is 0 Å². The molecule has 3 nitrogen and oxygen atoms in total. The highest BCUT2D eigenvalue weighted by molar-refractivity contribution is 5.95. The summed E-state index contributed by atoms with van der Waals surface area (Å²) in [4.78, 5) is 12.0. The van der Waals surface area contributed by atoms with E-state index in [-0.39, 0.29) is 28.5 Å². The minimum atomic E-state index is -0.117. The fourth-order valence-electron chi connectivity index (χ4n) is 7.89. The van der Waals surface area contributed by atoms with Crippen molar-refractivity contribution in [2.75, 3.05) is 0 Å². The number of carbonyl (C=O) groups is 1. The van der Waals surface area contributed by atoms with Gasteiger partial charge >= 0.3 is 0 Å². The minimum absolute atomic E-state index is 0.0116. The van der Waals surface area contributed by atoms with Crippen LogP contribution in [0.5, 0.6) is 0 Å². The van der Waals surface area contributed by atoms with Crippen molar-refractivity contribution in [1.29, 1.82) is 0 Å². The molecule has 0 aromatic rings. The predicted molar refractivity (Wildman–Crippen MR) is 86.7 cm³/mol. The van der Waals surface area contributed by atoms with E-state index in [1.165, 1.54) is 6.42 Å². The van der Waals surface area contributed by atoms with Crippen LogP contribution in [0.25, 0.3) is 0 Å². The van der Waals surface area contributed by atoms with Crippen molar-refractivity contribution < 1.29 is 15.0 Å². The minimum Gasteiger partial charge on any atom is -0.504 e. The molecule has 0 saturated heterocycles. The lowest BCUT2D eigenvalue weighted by Crippen LogP contribution is -2.54. The van der Waals surface area contributed by atoms with E-state index in [2.05, 4.69) is 13.8 Å². The van der Waals surface area contributed by atoms with E-state index in [1.54, 1.807) is 0 Å². The first-order valence-corrected chi connectivity index (χ1v) is 9.48. The van der Waals surface area contributed by atoms with Gasteiger partial charge in [0.1, 0.15) is 0 Å². The third-order valence-electron chi connectivity index (χ3n) is 9.22. The molecule has 0 aromatic carbocycles. The molecule has 0 aliphatic heterocycles.